The lowest BCUT2D eigenvalue weighted by Crippen LogP contribution is -2.12. The Balaban J connectivity index is 2.90. The molecule has 0 spiro atoms. The lowest BCUT2D eigenvalue weighted by atomic mass is 10.2. The van der Waals surface area contributed by atoms with Crippen LogP contribution in [-0.2, 0) is 9.84 Å². The quantitative estimate of drug-likeness (QED) is 0.927. The van der Waals surface area contributed by atoms with Crippen LogP contribution >= 0.6 is 27.3 Å². The van der Waals surface area contributed by atoms with Gasteiger partial charge in [0.1, 0.15) is 9.84 Å². The Morgan fingerprint density at radius 2 is 2.21 bits per heavy atom. The maximum Gasteiger partial charge on any atom is 0.150 e. The van der Waals surface area contributed by atoms with Crippen LogP contribution in [0.5, 0.6) is 0 Å². The number of aliphatic hydroxyl groups excluding tert-OH is 1. The second-order valence-corrected chi connectivity index (χ2v) is 7.99. The summed E-state index contributed by atoms with van der Waals surface area (Å²) in [6.45, 7) is 1.86. The molecule has 1 aromatic heterocycles. The Bertz CT molecular complexity index is 422. The Hall–Kier alpha value is 0.0900. The first-order valence-electron chi connectivity index (χ1n) is 3.91. The zero-order valence-corrected chi connectivity index (χ0v) is 11.0. The minimum absolute atomic E-state index is 0.225. The molecule has 0 saturated heterocycles. The summed E-state index contributed by atoms with van der Waals surface area (Å²) in [6, 6.07) is 1.76. The van der Waals surface area contributed by atoms with Gasteiger partial charge in [0.2, 0.25) is 0 Å². The molecule has 0 fully saturated rings. The van der Waals surface area contributed by atoms with Crippen LogP contribution in [0.15, 0.2) is 9.85 Å². The summed E-state index contributed by atoms with van der Waals surface area (Å²) < 4.78 is 22.8. The number of aliphatic hydroxyl groups is 1. The SMILES string of the molecule is Cc1sc(Br)cc1C(O)CS(C)(=O)=O. The molecule has 0 amide bonds. The van der Waals surface area contributed by atoms with E-state index in [0.717, 1.165) is 14.9 Å². The average Bonchev–Trinajstić information content (AvgIpc) is 2.26. The first-order chi connectivity index (χ1) is 6.29. The molecule has 0 aromatic carbocycles. The van der Waals surface area contributed by atoms with Crippen molar-refractivity contribution < 1.29 is 13.5 Å². The van der Waals surface area contributed by atoms with Gasteiger partial charge in [0.25, 0.3) is 0 Å². The molecule has 0 aliphatic carbocycles. The first kappa shape index (κ1) is 12.2. The van der Waals surface area contributed by atoms with Crippen molar-refractivity contribution in [2.45, 2.75) is 13.0 Å². The second kappa shape index (κ2) is 4.30. The van der Waals surface area contributed by atoms with Crippen LogP contribution in [0.3, 0.4) is 0 Å². The molecule has 6 heteroatoms. The topological polar surface area (TPSA) is 54.4 Å². The van der Waals surface area contributed by atoms with Gasteiger partial charge in [0.15, 0.2) is 0 Å². The zero-order chi connectivity index (χ0) is 10.9. The minimum atomic E-state index is -3.14. The van der Waals surface area contributed by atoms with Crippen molar-refractivity contribution in [3.63, 3.8) is 0 Å². The van der Waals surface area contributed by atoms with Gasteiger partial charge in [-0.3, -0.25) is 0 Å². The highest BCUT2D eigenvalue weighted by Gasteiger charge is 2.18. The third kappa shape index (κ3) is 3.34. The molecule has 0 radical (unpaired) electrons. The first-order valence-corrected chi connectivity index (χ1v) is 7.58. The Kier molecular flexibility index (Phi) is 3.74. The number of sulfone groups is 1. The van der Waals surface area contributed by atoms with E-state index in [0.29, 0.717) is 5.56 Å². The molecule has 1 aromatic rings. The van der Waals surface area contributed by atoms with E-state index in [9.17, 15) is 13.5 Å². The van der Waals surface area contributed by atoms with Crippen molar-refractivity contribution in [1.29, 1.82) is 0 Å². The summed E-state index contributed by atoms with van der Waals surface area (Å²) >= 11 is 4.77. The van der Waals surface area contributed by atoms with Crippen LogP contribution < -0.4 is 0 Å². The highest BCUT2D eigenvalue weighted by atomic mass is 79.9. The Morgan fingerprint density at radius 3 is 2.57 bits per heavy atom. The van der Waals surface area contributed by atoms with Gasteiger partial charge in [-0.05, 0) is 34.5 Å². The molecule has 1 N–H and O–H groups in total. The van der Waals surface area contributed by atoms with E-state index in [-0.39, 0.29) is 5.75 Å². The van der Waals surface area contributed by atoms with Gasteiger partial charge in [0, 0.05) is 11.1 Å². The van der Waals surface area contributed by atoms with Gasteiger partial charge < -0.3 is 5.11 Å². The third-order valence-electron chi connectivity index (χ3n) is 1.75. The van der Waals surface area contributed by atoms with Crippen LogP contribution in [0, 0.1) is 6.92 Å². The highest BCUT2D eigenvalue weighted by Crippen LogP contribution is 2.30. The van der Waals surface area contributed by atoms with Gasteiger partial charge >= 0.3 is 0 Å². The van der Waals surface area contributed by atoms with Gasteiger partial charge in [-0.2, -0.15) is 0 Å². The fraction of sp³-hybridized carbons (Fsp3) is 0.500. The highest BCUT2D eigenvalue weighted by molar-refractivity contribution is 9.11. The van der Waals surface area contributed by atoms with Gasteiger partial charge in [0.05, 0.1) is 15.6 Å². The molecule has 0 saturated carbocycles. The molecule has 0 aliphatic rings. The number of thiophene rings is 1. The smallest absolute Gasteiger partial charge is 0.150 e. The van der Waals surface area contributed by atoms with Gasteiger partial charge in [-0.1, -0.05) is 0 Å². The third-order valence-corrected chi connectivity index (χ3v) is 4.24. The number of hydrogen-bond acceptors (Lipinski definition) is 4. The van der Waals surface area contributed by atoms with Crippen molar-refractivity contribution in [2.24, 2.45) is 0 Å². The molecule has 80 valence electrons. The van der Waals surface area contributed by atoms with Crippen molar-refractivity contribution in [2.75, 3.05) is 12.0 Å². The van der Waals surface area contributed by atoms with E-state index >= 15 is 0 Å². The Labute approximate surface area is 95.8 Å². The minimum Gasteiger partial charge on any atom is -0.387 e. The molecule has 3 nitrogen and oxygen atoms in total. The maximum atomic E-state index is 11.0. The molecule has 0 aliphatic heterocycles. The summed E-state index contributed by atoms with van der Waals surface area (Å²) in [5, 5.41) is 9.66. The van der Waals surface area contributed by atoms with E-state index in [2.05, 4.69) is 15.9 Å². The van der Waals surface area contributed by atoms with Crippen LogP contribution in [0.4, 0.5) is 0 Å². The van der Waals surface area contributed by atoms with E-state index in [1.807, 2.05) is 6.92 Å². The number of halogens is 1. The zero-order valence-electron chi connectivity index (χ0n) is 7.82. The molecule has 0 bridgehead atoms. The summed E-state index contributed by atoms with van der Waals surface area (Å²) in [6.07, 6.45) is 0.194. The summed E-state index contributed by atoms with van der Waals surface area (Å²) in [7, 11) is -3.14. The van der Waals surface area contributed by atoms with Crippen LogP contribution in [0.1, 0.15) is 16.5 Å². The fourth-order valence-electron chi connectivity index (χ4n) is 1.17. The summed E-state index contributed by atoms with van der Waals surface area (Å²) in [4.78, 5) is 0.938. The average molecular weight is 299 g/mol. The predicted octanol–water partition coefficient (Wildman–Crippen LogP) is 1.90. The largest absolute Gasteiger partial charge is 0.387 e. The van der Waals surface area contributed by atoms with Crippen molar-refractivity contribution in [3.8, 4) is 0 Å². The van der Waals surface area contributed by atoms with Crippen LogP contribution in [0.25, 0.3) is 0 Å². The van der Waals surface area contributed by atoms with Gasteiger partial charge in [-0.25, -0.2) is 8.42 Å². The molecule has 1 unspecified atom stereocenters. The monoisotopic (exact) mass is 298 g/mol. The van der Waals surface area contributed by atoms with Crippen molar-refractivity contribution >= 4 is 37.1 Å². The molecule has 1 atom stereocenters. The van der Waals surface area contributed by atoms with Crippen LogP contribution in [0.2, 0.25) is 0 Å². The van der Waals surface area contributed by atoms with E-state index < -0.39 is 15.9 Å². The molecule has 1 rings (SSSR count). The molecular formula is C8H11BrO3S2. The summed E-state index contributed by atoms with van der Waals surface area (Å²) in [5.74, 6) is -0.225. The van der Waals surface area contributed by atoms with Crippen molar-refractivity contribution in [3.05, 3.63) is 20.3 Å². The fourth-order valence-corrected chi connectivity index (χ4v) is 3.69. The maximum absolute atomic E-state index is 11.0. The second-order valence-electron chi connectivity index (χ2n) is 3.17. The van der Waals surface area contributed by atoms with E-state index in [4.69, 9.17) is 0 Å². The van der Waals surface area contributed by atoms with Crippen LogP contribution in [-0.4, -0.2) is 25.5 Å². The Morgan fingerprint density at radius 1 is 1.64 bits per heavy atom. The lowest BCUT2D eigenvalue weighted by molar-refractivity contribution is 0.201. The van der Waals surface area contributed by atoms with E-state index in [1.165, 1.54) is 11.3 Å². The van der Waals surface area contributed by atoms with Crippen molar-refractivity contribution in [1.82, 2.24) is 0 Å². The van der Waals surface area contributed by atoms with Gasteiger partial charge in [-0.15, -0.1) is 11.3 Å². The molecule has 1 heterocycles. The number of aryl methyl sites for hydroxylation is 1. The molecule has 14 heavy (non-hydrogen) atoms. The standard InChI is InChI=1S/C8H11BrO3S2/c1-5-6(3-8(9)13-5)7(10)4-14(2,11)12/h3,7,10H,4H2,1-2H3. The lowest BCUT2D eigenvalue weighted by Gasteiger charge is -2.08. The predicted molar refractivity (Wildman–Crippen MR) is 61.4 cm³/mol. The van der Waals surface area contributed by atoms with E-state index in [1.54, 1.807) is 6.07 Å². The molecular weight excluding hydrogens is 288 g/mol. The normalized spacial score (nSPS) is 14.3. The number of rotatable bonds is 3. The summed E-state index contributed by atoms with van der Waals surface area (Å²) in [5.41, 5.74) is 0.687. The number of hydrogen-bond donors (Lipinski definition) is 1.